The molecular weight excluding hydrogens is 320 g/mol. The molecule has 0 radical (unpaired) electrons. The van der Waals surface area contributed by atoms with Crippen LogP contribution in [0.1, 0.15) is 18.4 Å². The Morgan fingerprint density at radius 1 is 1.26 bits per heavy atom. The summed E-state index contributed by atoms with van der Waals surface area (Å²) in [5, 5.41) is 3.20. The van der Waals surface area contributed by atoms with Gasteiger partial charge < -0.3 is 15.0 Å². The van der Waals surface area contributed by atoms with E-state index in [1.54, 1.807) is 24.3 Å². The highest BCUT2D eigenvalue weighted by Crippen LogP contribution is 2.28. The zero-order chi connectivity index (χ0) is 16.8. The standard InChI is InChI=1S/C16H19ClN2O4/c1-23-15(21)10-19(9-11-2-6-13(17)7-3-11)14(20)8-18-16(22)12-4-5-12/h2-3,6-7,12H,4-5,8-10H2,1H3,(H,18,22). The molecule has 1 saturated carbocycles. The average Bonchev–Trinajstić information content (AvgIpc) is 3.38. The lowest BCUT2D eigenvalue weighted by molar-refractivity contribution is -0.147. The van der Waals surface area contributed by atoms with Crippen LogP contribution in [0.15, 0.2) is 24.3 Å². The maximum absolute atomic E-state index is 12.3. The maximum Gasteiger partial charge on any atom is 0.325 e. The summed E-state index contributed by atoms with van der Waals surface area (Å²) >= 11 is 5.84. The third-order valence-electron chi connectivity index (χ3n) is 3.55. The maximum atomic E-state index is 12.3. The molecular formula is C16H19ClN2O4. The fraction of sp³-hybridized carbons (Fsp3) is 0.438. The lowest BCUT2D eigenvalue weighted by Gasteiger charge is -2.22. The quantitative estimate of drug-likeness (QED) is 0.762. The van der Waals surface area contributed by atoms with Crippen molar-refractivity contribution in [3.8, 4) is 0 Å². The summed E-state index contributed by atoms with van der Waals surface area (Å²) in [6.45, 7) is -0.0540. The number of halogens is 1. The van der Waals surface area contributed by atoms with Gasteiger partial charge >= 0.3 is 5.97 Å². The second-order valence-corrected chi connectivity index (χ2v) is 5.88. The first-order chi connectivity index (χ1) is 11.0. The van der Waals surface area contributed by atoms with Crippen LogP contribution in [-0.2, 0) is 25.7 Å². The first-order valence-electron chi connectivity index (χ1n) is 7.36. The Labute approximate surface area is 139 Å². The highest BCUT2D eigenvalue weighted by molar-refractivity contribution is 6.30. The minimum atomic E-state index is -0.513. The molecule has 2 rings (SSSR count). The Hall–Kier alpha value is -2.08. The van der Waals surface area contributed by atoms with Crippen LogP contribution in [0.25, 0.3) is 0 Å². The molecule has 0 atom stereocenters. The van der Waals surface area contributed by atoms with Crippen molar-refractivity contribution >= 4 is 29.4 Å². The monoisotopic (exact) mass is 338 g/mol. The van der Waals surface area contributed by atoms with Gasteiger partial charge in [0.1, 0.15) is 6.54 Å². The van der Waals surface area contributed by atoms with Crippen molar-refractivity contribution < 1.29 is 19.1 Å². The number of rotatable bonds is 7. The number of carbonyl (C=O) groups excluding carboxylic acids is 3. The van der Waals surface area contributed by atoms with Crippen LogP contribution in [0.2, 0.25) is 5.02 Å². The van der Waals surface area contributed by atoms with Crippen molar-refractivity contribution in [1.82, 2.24) is 10.2 Å². The summed E-state index contributed by atoms with van der Waals surface area (Å²) in [5.74, 6) is -0.920. The van der Waals surface area contributed by atoms with Crippen molar-refractivity contribution in [2.24, 2.45) is 5.92 Å². The van der Waals surface area contributed by atoms with Crippen LogP contribution in [0.4, 0.5) is 0 Å². The van der Waals surface area contributed by atoms with E-state index in [-0.39, 0.29) is 37.4 Å². The van der Waals surface area contributed by atoms with Crippen molar-refractivity contribution in [3.05, 3.63) is 34.9 Å². The number of hydrogen-bond acceptors (Lipinski definition) is 4. The minimum absolute atomic E-state index is 0.0353. The molecule has 0 bridgehead atoms. The average molecular weight is 339 g/mol. The number of nitrogens with zero attached hydrogens (tertiary/aromatic N) is 1. The first kappa shape index (κ1) is 17.3. The molecule has 6 nitrogen and oxygen atoms in total. The number of amides is 2. The number of nitrogens with one attached hydrogen (secondary N) is 1. The molecule has 0 aromatic heterocycles. The van der Waals surface area contributed by atoms with E-state index >= 15 is 0 Å². The Bertz CT molecular complexity index is 584. The van der Waals surface area contributed by atoms with Gasteiger partial charge in [-0.15, -0.1) is 0 Å². The molecule has 1 N–H and O–H groups in total. The van der Waals surface area contributed by atoms with Crippen molar-refractivity contribution in [2.45, 2.75) is 19.4 Å². The molecule has 1 aromatic carbocycles. The van der Waals surface area contributed by atoms with Gasteiger partial charge in [0.25, 0.3) is 0 Å². The lowest BCUT2D eigenvalue weighted by atomic mass is 10.2. The van der Waals surface area contributed by atoms with E-state index in [9.17, 15) is 14.4 Å². The summed E-state index contributed by atoms with van der Waals surface area (Å²) in [6, 6.07) is 6.99. The van der Waals surface area contributed by atoms with Gasteiger partial charge in [-0.05, 0) is 30.5 Å². The molecule has 0 spiro atoms. The van der Waals surface area contributed by atoms with Crippen LogP contribution >= 0.6 is 11.6 Å². The van der Waals surface area contributed by atoms with Crippen LogP contribution in [0, 0.1) is 5.92 Å². The highest BCUT2D eigenvalue weighted by atomic mass is 35.5. The van der Waals surface area contributed by atoms with E-state index < -0.39 is 5.97 Å². The third kappa shape index (κ3) is 5.56. The normalized spacial score (nSPS) is 13.3. The summed E-state index contributed by atoms with van der Waals surface area (Å²) in [5.41, 5.74) is 0.833. The summed E-state index contributed by atoms with van der Waals surface area (Å²) in [7, 11) is 1.27. The van der Waals surface area contributed by atoms with Gasteiger partial charge in [-0.1, -0.05) is 23.7 Å². The highest BCUT2D eigenvalue weighted by Gasteiger charge is 2.30. The van der Waals surface area contributed by atoms with E-state index in [1.807, 2.05) is 0 Å². The smallest absolute Gasteiger partial charge is 0.325 e. The fourth-order valence-corrected chi connectivity index (χ4v) is 2.15. The molecule has 7 heteroatoms. The van der Waals surface area contributed by atoms with Gasteiger partial charge in [0, 0.05) is 17.5 Å². The molecule has 1 aliphatic rings. The van der Waals surface area contributed by atoms with E-state index in [0.29, 0.717) is 5.02 Å². The molecule has 0 unspecified atom stereocenters. The Morgan fingerprint density at radius 3 is 2.48 bits per heavy atom. The van der Waals surface area contributed by atoms with Crippen molar-refractivity contribution in [1.29, 1.82) is 0 Å². The van der Waals surface area contributed by atoms with Crippen molar-refractivity contribution in [2.75, 3.05) is 20.2 Å². The topological polar surface area (TPSA) is 75.7 Å². The molecule has 124 valence electrons. The number of carbonyl (C=O) groups is 3. The van der Waals surface area contributed by atoms with Crippen molar-refractivity contribution in [3.63, 3.8) is 0 Å². The van der Waals surface area contributed by atoms with Crippen LogP contribution in [-0.4, -0.2) is 42.9 Å². The van der Waals surface area contributed by atoms with Crippen LogP contribution in [0.3, 0.4) is 0 Å². The van der Waals surface area contributed by atoms with Gasteiger partial charge in [0.2, 0.25) is 11.8 Å². The van der Waals surface area contributed by atoms with Gasteiger partial charge in [0.15, 0.2) is 0 Å². The molecule has 0 saturated heterocycles. The third-order valence-corrected chi connectivity index (χ3v) is 3.80. The zero-order valence-electron chi connectivity index (χ0n) is 12.9. The lowest BCUT2D eigenvalue weighted by Crippen LogP contribution is -2.42. The molecule has 2 amide bonds. The summed E-state index contributed by atoms with van der Waals surface area (Å²) < 4.78 is 4.62. The van der Waals surface area contributed by atoms with Gasteiger partial charge in [-0.25, -0.2) is 0 Å². The summed E-state index contributed by atoms with van der Waals surface area (Å²) in [4.78, 5) is 36.8. The number of methoxy groups -OCH3 is 1. The van der Waals surface area contributed by atoms with E-state index in [0.717, 1.165) is 18.4 Å². The fourth-order valence-electron chi connectivity index (χ4n) is 2.03. The number of esters is 1. The molecule has 0 aliphatic heterocycles. The minimum Gasteiger partial charge on any atom is -0.468 e. The first-order valence-corrected chi connectivity index (χ1v) is 7.74. The van der Waals surface area contributed by atoms with E-state index in [4.69, 9.17) is 11.6 Å². The van der Waals surface area contributed by atoms with Gasteiger partial charge in [0.05, 0.1) is 13.7 Å². The predicted molar refractivity (Wildman–Crippen MR) is 84.6 cm³/mol. The molecule has 23 heavy (non-hydrogen) atoms. The molecule has 1 aliphatic carbocycles. The SMILES string of the molecule is COC(=O)CN(Cc1ccc(Cl)cc1)C(=O)CNC(=O)C1CC1. The number of ether oxygens (including phenoxy) is 1. The van der Waals surface area contributed by atoms with Crippen LogP contribution in [0.5, 0.6) is 0 Å². The zero-order valence-corrected chi connectivity index (χ0v) is 13.6. The van der Waals surface area contributed by atoms with Crippen LogP contribution < -0.4 is 5.32 Å². The second kappa shape index (κ2) is 7.97. The van der Waals surface area contributed by atoms with E-state index in [1.165, 1.54) is 12.0 Å². The van der Waals surface area contributed by atoms with Gasteiger partial charge in [-0.2, -0.15) is 0 Å². The Kier molecular flexibility index (Phi) is 5.98. The van der Waals surface area contributed by atoms with Gasteiger partial charge in [-0.3, -0.25) is 14.4 Å². The Morgan fingerprint density at radius 2 is 1.91 bits per heavy atom. The number of hydrogen-bond donors (Lipinski definition) is 1. The predicted octanol–water partition coefficient (Wildman–Crippen LogP) is 1.37. The molecule has 1 aromatic rings. The summed E-state index contributed by atoms with van der Waals surface area (Å²) in [6.07, 6.45) is 1.74. The van der Waals surface area contributed by atoms with E-state index in [2.05, 4.69) is 10.1 Å². The molecule has 1 fully saturated rings. The second-order valence-electron chi connectivity index (χ2n) is 5.44. The Balaban J connectivity index is 1.96. The largest absolute Gasteiger partial charge is 0.468 e. The molecule has 0 heterocycles. The number of benzene rings is 1.